The van der Waals surface area contributed by atoms with Gasteiger partial charge in [0.25, 0.3) is 11.1 Å². The van der Waals surface area contributed by atoms with E-state index >= 15 is 0 Å². The third-order valence-electron chi connectivity index (χ3n) is 4.60. The Morgan fingerprint density at radius 3 is 2.56 bits per heavy atom. The lowest BCUT2D eigenvalue weighted by Crippen LogP contribution is -2.39. The van der Waals surface area contributed by atoms with Crippen molar-refractivity contribution >= 4 is 11.8 Å². The summed E-state index contributed by atoms with van der Waals surface area (Å²) in [4.78, 5) is 46.9. The van der Waals surface area contributed by atoms with Crippen LogP contribution < -0.4 is 26.6 Å². The minimum Gasteiger partial charge on any atom is -0.357 e. The van der Waals surface area contributed by atoms with Gasteiger partial charge in [-0.2, -0.15) is 0 Å². The summed E-state index contributed by atoms with van der Waals surface area (Å²) in [6.07, 6.45) is 0.798. The maximum atomic E-state index is 12.1. The first kappa shape index (κ1) is 17.0. The molecular formula is C16H22N6O3. The molecule has 1 unspecified atom stereocenters. The molecule has 0 aromatic carbocycles. The first-order chi connectivity index (χ1) is 11.8. The molecule has 1 saturated heterocycles. The van der Waals surface area contributed by atoms with Crippen LogP contribution in [0.3, 0.4) is 0 Å². The van der Waals surface area contributed by atoms with Crippen LogP contribution >= 0.6 is 0 Å². The predicted octanol–water partition coefficient (Wildman–Crippen LogP) is -0.773. The van der Waals surface area contributed by atoms with Crippen molar-refractivity contribution in [3.8, 4) is 0 Å². The topological polar surface area (TPSA) is 96.2 Å². The zero-order valence-corrected chi connectivity index (χ0v) is 14.8. The molecule has 0 spiro atoms. The fourth-order valence-corrected chi connectivity index (χ4v) is 3.12. The van der Waals surface area contributed by atoms with Crippen LogP contribution in [-0.2, 0) is 14.1 Å². The Bertz CT molecular complexity index is 971. The van der Waals surface area contributed by atoms with Crippen LogP contribution in [0, 0.1) is 0 Å². The maximum absolute atomic E-state index is 12.1. The second kappa shape index (κ2) is 6.23. The lowest BCUT2D eigenvalue weighted by Gasteiger charge is -2.21. The number of nitrogens with one attached hydrogen (secondary N) is 1. The average Bonchev–Trinajstić information content (AvgIpc) is 3.05. The molecule has 3 rings (SSSR count). The van der Waals surface area contributed by atoms with E-state index in [2.05, 4.69) is 9.97 Å². The van der Waals surface area contributed by atoms with E-state index in [1.807, 2.05) is 19.0 Å². The molecule has 1 N–H and O–H groups in total. The first-order valence-electron chi connectivity index (χ1n) is 8.08. The van der Waals surface area contributed by atoms with E-state index in [9.17, 15) is 14.4 Å². The predicted molar refractivity (Wildman–Crippen MR) is 95.7 cm³/mol. The number of rotatable bonds is 3. The highest BCUT2D eigenvalue weighted by Gasteiger charge is 2.27. The molecule has 134 valence electrons. The lowest BCUT2D eigenvalue weighted by atomic mass is 10.1. The first-order valence-corrected chi connectivity index (χ1v) is 8.08. The third kappa shape index (κ3) is 3.09. The van der Waals surface area contributed by atoms with Gasteiger partial charge in [-0.3, -0.25) is 23.7 Å². The van der Waals surface area contributed by atoms with Crippen molar-refractivity contribution in [2.24, 2.45) is 14.1 Å². The molecule has 2 aromatic rings. The van der Waals surface area contributed by atoms with Crippen molar-refractivity contribution in [3.63, 3.8) is 0 Å². The van der Waals surface area contributed by atoms with Gasteiger partial charge in [-0.1, -0.05) is 0 Å². The molecule has 25 heavy (non-hydrogen) atoms. The van der Waals surface area contributed by atoms with Gasteiger partial charge in [-0.25, -0.2) is 9.78 Å². The van der Waals surface area contributed by atoms with Crippen molar-refractivity contribution in [2.45, 2.75) is 12.3 Å². The molecule has 1 aliphatic rings. The number of hydrogen-bond donors (Lipinski definition) is 1. The van der Waals surface area contributed by atoms with Crippen molar-refractivity contribution in [2.75, 3.05) is 37.0 Å². The molecule has 0 amide bonds. The molecule has 0 radical (unpaired) electrons. The van der Waals surface area contributed by atoms with Gasteiger partial charge >= 0.3 is 5.69 Å². The van der Waals surface area contributed by atoms with Gasteiger partial charge in [0.2, 0.25) is 5.95 Å². The molecule has 0 aliphatic carbocycles. The highest BCUT2D eigenvalue weighted by Crippen LogP contribution is 2.28. The molecule has 1 aliphatic heterocycles. The number of hydrogen-bond acceptors (Lipinski definition) is 6. The van der Waals surface area contributed by atoms with Gasteiger partial charge in [0.15, 0.2) is 0 Å². The highest BCUT2D eigenvalue weighted by atomic mass is 16.2. The van der Waals surface area contributed by atoms with Crippen LogP contribution in [0.2, 0.25) is 0 Å². The molecule has 1 atom stereocenters. The van der Waals surface area contributed by atoms with Crippen LogP contribution in [0.15, 0.2) is 26.5 Å². The summed E-state index contributed by atoms with van der Waals surface area (Å²) >= 11 is 0. The summed E-state index contributed by atoms with van der Waals surface area (Å²) < 4.78 is 2.55. The molecule has 0 bridgehead atoms. The second-order valence-electron chi connectivity index (χ2n) is 6.56. The monoisotopic (exact) mass is 346 g/mol. The molecule has 3 heterocycles. The van der Waals surface area contributed by atoms with Gasteiger partial charge in [0, 0.05) is 59.3 Å². The summed E-state index contributed by atoms with van der Waals surface area (Å²) in [5.74, 6) is 1.18. The number of nitrogens with zero attached hydrogens (tertiary/aromatic N) is 5. The van der Waals surface area contributed by atoms with Gasteiger partial charge in [0.1, 0.15) is 5.82 Å². The minimum absolute atomic E-state index is 0.0696. The molecule has 0 saturated carbocycles. The van der Waals surface area contributed by atoms with Crippen molar-refractivity contribution in [1.82, 2.24) is 19.1 Å². The van der Waals surface area contributed by atoms with E-state index in [0.29, 0.717) is 24.9 Å². The van der Waals surface area contributed by atoms with Crippen LogP contribution in [0.4, 0.5) is 11.8 Å². The van der Waals surface area contributed by atoms with Gasteiger partial charge in [-0.15, -0.1) is 0 Å². The number of anilines is 2. The minimum atomic E-state index is -0.352. The van der Waals surface area contributed by atoms with E-state index in [-0.39, 0.29) is 22.7 Å². The quantitative estimate of drug-likeness (QED) is 0.784. The Kier molecular flexibility index (Phi) is 4.23. The van der Waals surface area contributed by atoms with E-state index in [1.165, 1.54) is 23.7 Å². The van der Waals surface area contributed by atoms with Gasteiger partial charge < -0.3 is 9.80 Å². The number of aromatic nitrogens is 4. The summed E-state index contributed by atoms with van der Waals surface area (Å²) in [6, 6.07) is 2.99. The number of aromatic amines is 1. The van der Waals surface area contributed by atoms with Crippen LogP contribution in [0.1, 0.15) is 18.0 Å². The van der Waals surface area contributed by atoms with Crippen molar-refractivity contribution < 1.29 is 0 Å². The lowest BCUT2D eigenvalue weighted by molar-refractivity contribution is 0.670. The van der Waals surface area contributed by atoms with Crippen molar-refractivity contribution in [3.05, 3.63) is 49.0 Å². The fraction of sp³-hybridized carbons (Fsp3) is 0.500. The second-order valence-corrected chi connectivity index (χ2v) is 6.56. The van der Waals surface area contributed by atoms with E-state index < -0.39 is 0 Å². The Morgan fingerprint density at radius 2 is 1.88 bits per heavy atom. The maximum Gasteiger partial charge on any atom is 0.332 e. The Labute approximate surface area is 144 Å². The molecule has 2 aromatic heterocycles. The molecule has 9 heteroatoms. The van der Waals surface area contributed by atoms with Gasteiger partial charge in [-0.05, 0) is 6.42 Å². The third-order valence-corrected chi connectivity index (χ3v) is 4.60. The standard InChI is InChI=1S/C16H22N6O3/c1-19(2)15-17-11(7-12(23)18-15)10-5-6-22(9-10)13-8-14(24)21(4)16(25)20(13)3/h7-8,10H,5-6,9H2,1-4H3,(H,17,18,23). The zero-order chi connectivity index (χ0) is 18.3. The highest BCUT2D eigenvalue weighted by molar-refractivity contribution is 5.41. The molecule has 9 nitrogen and oxygen atoms in total. The van der Waals surface area contributed by atoms with Crippen LogP contribution in [-0.4, -0.2) is 46.3 Å². The van der Waals surface area contributed by atoms with E-state index in [1.54, 1.807) is 11.9 Å². The summed E-state index contributed by atoms with van der Waals surface area (Å²) in [6.45, 7) is 1.29. The molecular weight excluding hydrogens is 324 g/mol. The Balaban J connectivity index is 1.92. The zero-order valence-electron chi connectivity index (χ0n) is 14.8. The smallest absolute Gasteiger partial charge is 0.332 e. The normalized spacial score (nSPS) is 17.1. The summed E-state index contributed by atoms with van der Waals surface area (Å²) in [5.41, 5.74) is -0.141. The fourth-order valence-electron chi connectivity index (χ4n) is 3.12. The van der Waals surface area contributed by atoms with Crippen LogP contribution in [0.5, 0.6) is 0 Å². The Hall–Kier alpha value is -2.84. The van der Waals surface area contributed by atoms with Gasteiger partial charge in [0.05, 0.1) is 5.69 Å². The summed E-state index contributed by atoms with van der Waals surface area (Å²) in [5, 5.41) is 0. The van der Waals surface area contributed by atoms with E-state index in [4.69, 9.17) is 0 Å². The van der Waals surface area contributed by atoms with Crippen LogP contribution in [0.25, 0.3) is 0 Å². The molecule has 1 fully saturated rings. The Morgan fingerprint density at radius 1 is 1.16 bits per heavy atom. The SMILES string of the molecule is CN(C)c1nc(C2CCN(c3cc(=O)n(C)c(=O)n3C)C2)cc(=O)[nH]1. The van der Waals surface area contributed by atoms with E-state index in [0.717, 1.165) is 16.7 Å². The average molecular weight is 346 g/mol. The van der Waals surface area contributed by atoms with Crippen molar-refractivity contribution in [1.29, 1.82) is 0 Å². The largest absolute Gasteiger partial charge is 0.357 e. The summed E-state index contributed by atoms with van der Waals surface area (Å²) in [7, 11) is 6.75. The number of H-pyrrole nitrogens is 1.